The molecule has 0 spiro atoms. The van der Waals surface area contributed by atoms with Gasteiger partial charge in [-0.1, -0.05) is 12.1 Å². The topological polar surface area (TPSA) is 0 Å². The van der Waals surface area contributed by atoms with Crippen LogP contribution in [0.15, 0.2) is 22.7 Å². The van der Waals surface area contributed by atoms with Crippen LogP contribution < -0.4 is 0 Å². The van der Waals surface area contributed by atoms with Gasteiger partial charge in [0.05, 0.1) is 0 Å². The van der Waals surface area contributed by atoms with Crippen molar-refractivity contribution in [2.45, 2.75) is 12.5 Å². The van der Waals surface area contributed by atoms with E-state index in [1.54, 1.807) is 0 Å². The minimum atomic E-state index is 1.20. The maximum Gasteiger partial charge on any atom is 0.0309 e. The average Bonchev–Trinajstić information content (AvgIpc) is 1.98. The fraction of sp³-hybridized carbons (Fsp3) is 0.250. The molecule has 0 unspecified atom stereocenters. The quantitative estimate of drug-likeness (QED) is 0.573. The van der Waals surface area contributed by atoms with Crippen molar-refractivity contribution in [3.63, 3.8) is 0 Å². The van der Waals surface area contributed by atoms with Crippen molar-refractivity contribution in [2.24, 2.45) is 0 Å². The van der Waals surface area contributed by atoms with E-state index < -0.39 is 0 Å². The zero-order valence-corrected chi connectivity index (χ0v) is 12.1. The molecular formula is C8H10BrISi. The van der Waals surface area contributed by atoms with Crippen LogP contribution in [0.5, 0.6) is 0 Å². The number of aryl methyl sites for hydroxylation is 1. The SMILES string of the molecule is [SiH3]CCc1ccc(Br)c(I)c1. The fourth-order valence-electron chi connectivity index (χ4n) is 0.984. The lowest BCUT2D eigenvalue weighted by molar-refractivity contribution is 1.13. The molecule has 0 nitrogen and oxygen atoms in total. The lowest BCUT2D eigenvalue weighted by Gasteiger charge is -2.00. The summed E-state index contributed by atoms with van der Waals surface area (Å²) < 4.78 is 2.52. The monoisotopic (exact) mass is 340 g/mol. The standard InChI is InChI=1S/C8H10BrISi/c9-7-2-1-6(3-4-11)5-8(7)10/h1-2,5H,3-4H2,11H3. The second kappa shape index (κ2) is 4.62. The van der Waals surface area contributed by atoms with E-state index in [0.29, 0.717) is 0 Å². The molecule has 0 atom stereocenters. The molecule has 1 rings (SSSR count). The van der Waals surface area contributed by atoms with Gasteiger partial charge in [-0.3, -0.25) is 0 Å². The minimum Gasteiger partial charge on any atom is -0.0619 e. The molecular weight excluding hydrogens is 331 g/mol. The molecule has 0 bridgehead atoms. The van der Waals surface area contributed by atoms with E-state index in [1.165, 1.54) is 36.3 Å². The Balaban J connectivity index is 2.86. The summed E-state index contributed by atoms with van der Waals surface area (Å²) in [6.45, 7) is 0. The smallest absolute Gasteiger partial charge is 0.0309 e. The van der Waals surface area contributed by atoms with E-state index in [9.17, 15) is 0 Å². The average molecular weight is 341 g/mol. The van der Waals surface area contributed by atoms with Gasteiger partial charge in [0, 0.05) is 18.3 Å². The van der Waals surface area contributed by atoms with Crippen LogP contribution >= 0.6 is 38.5 Å². The summed E-state index contributed by atoms with van der Waals surface area (Å²) in [6, 6.07) is 7.94. The Morgan fingerprint density at radius 2 is 2.18 bits per heavy atom. The van der Waals surface area contributed by atoms with Gasteiger partial charge in [0.2, 0.25) is 0 Å². The highest BCUT2D eigenvalue weighted by Gasteiger charge is 1.96. The van der Waals surface area contributed by atoms with Gasteiger partial charge in [-0.2, -0.15) is 0 Å². The number of benzene rings is 1. The van der Waals surface area contributed by atoms with E-state index >= 15 is 0 Å². The van der Waals surface area contributed by atoms with Crippen LogP contribution in [0.2, 0.25) is 6.04 Å². The van der Waals surface area contributed by atoms with E-state index in [1.807, 2.05) is 0 Å². The molecule has 1 aromatic rings. The Hall–Kier alpha value is 0.647. The Kier molecular flexibility index (Phi) is 4.09. The zero-order valence-electron chi connectivity index (χ0n) is 6.40. The predicted octanol–water partition coefficient (Wildman–Crippen LogP) is 2.38. The van der Waals surface area contributed by atoms with Gasteiger partial charge in [0.25, 0.3) is 0 Å². The Morgan fingerprint density at radius 1 is 1.45 bits per heavy atom. The summed E-state index contributed by atoms with van der Waals surface area (Å²) in [5.41, 5.74) is 1.47. The molecule has 0 heterocycles. The third-order valence-corrected chi connectivity index (χ3v) is 4.35. The Bertz CT molecular complexity index is 250. The van der Waals surface area contributed by atoms with Crippen LogP contribution in [-0.2, 0) is 6.42 Å². The van der Waals surface area contributed by atoms with Crippen molar-refractivity contribution in [3.8, 4) is 0 Å². The molecule has 0 aliphatic heterocycles. The Labute approximate surface area is 92.5 Å². The number of hydrogen-bond acceptors (Lipinski definition) is 0. The third kappa shape index (κ3) is 2.87. The van der Waals surface area contributed by atoms with Gasteiger partial charge in [-0.15, -0.1) is 0 Å². The van der Waals surface area contributed by atoms with Crippen LogP contribution in [0.3, 0.4) is 0 Å². The van der Waals surface area contributed by atoms with Crippen molar-refractivity contribution < 1.29 is 0 Å². The molecule has 11 heavy (non-hydrogen) atoms. The molecule has 60 valence electrons. The summed E-state index contributed by atoms with van der Waals surface area (Å²) in [4.78, 5) is 0. The van der Waals surface area contributed by atoms with Crippen molar-refractivity contribution in [1.82, 2.24) is 0 Å². The first kappa shape index (κ1) is 9.73. The van der Waals surface area contributed by atoms with Crippen molar-refractivity contribution >= 4 is 48.8 Å². The summed E-state index contributed by atoms with van der Waals surface area (Å²) in [7, 11) is 1.31. The first-order valence-corrected chi connectivity index (χ1v) is 6.96. The molecule has 0 N–H and O–H groups in total. The molecule has 0 aliphatic carbocycles. The van der Waals surface area contributed by atoms with Gasteiger partial charge in [0.1, 0.15) is 0 Å². The predicted molar refractivity (Wildman–Crippen MR) is 65.3 cm³/mol. The fourth-order valence-corrected chi connectivity index (χ4v) is 2.39. The molecule has 0 saturated heterocycles. The second-order valence-electron chi connectivity index (χ2n) is 2.50. The lowest BCUT2D eigenvalue weighted by atomic mass is 10.2. The van der Waals surface area contributed by atoms with Crippen molar-refractivity contribution in [3.05, 3.63) is 31.8 Å². The maximum absolute atomic E-state index is 3.48. The van der Waals surface area contributed by atoms with Crippen molar-refractivity contribution in [1.29, 1.82) is 0 Å². The molecule has 0 saturated carbocycles. The molecule has 0 amide bonds. The molecule has 1 aromatic carbocycles. The third-order valence-electron chi connectivity index (χ3n) is 1.52. The first-order valence-electron chi connectivity index (χ1n) is 3.68. The highest BCUT2D eigenvalue weighted by atomic mass is 127. The minimum absolute atomic E-state index is 1.20. The Morgan fingerprint density at radius 3 is 2.73 bits per heavy atom. The van der Waals surface area contributed by atoms with Gasteiger partial charge in [-0.05, 0) is 62.6 Å². The summed E-state index contributed by atoms with van der Waals surface area (Å²) in [5, 5.41) is 0. The van der Waals surface area contributed by atoms with Crippen molar-refractivity contribution in [2.75, 3.05) is 0 Å². The summed E-state index contributed by atoms with van der Waals surface area (Å²) in [6.07, 6.45) is 1.25. The summed E-state index contributed by atoms with van der Waals surface area (Å²) in [5.74, 6) is 0. The zero-order chi connectivity index (χ0) is 8.27. The molecule has 0 fully saturated rings. The van der Waals surface area contributed by atoms with Gasteiger partial charge < -0.3 is 0 Å². The highest BCUT2D eigenvalue weighted by molar-refractivity contribution is 14.1. The van der Waals surface area contributed by atoms with Crippen LogP contribution in [-0.4, -0.2) is 10.2 Å². The maximum atomic E-state index is 3.48. The number of halogens is 2. The number of hydrogen-bond donors (Lipinski definition) is 0. The van der Waals surface area contributed by atoms with Crippen LogP contribution in [0.25, 0.3) is 0 Å². The molecule has 0 aliphatic rings. The molecule has 3 heteroatoms. The van der Waals surface area contributed by atoms with Crippen LogP contribution in [0.1, 0.15) is 5.56 Å². The highest BCUT2D eigenvalue weighted by Crippen LogP contribution is 2.20. The first-order chi connectivity index (χ1) is 5.24. The number of rotatable bonds is 2. The lowest BCUT2D eigenvalue weighted by Crippen LogP contribution is -1.85. The molecule has 0 aromatic heterocycles. The second-order valence-corrected chi connectivity index (χ2v) is 5.51. The van der Waals surface area contributed by atoms with E-state index in [-0.39, 0.29) is 0 Å². The van der Waals surface area contributed by atoms with E-state index in [2.05, 4.69) is 56.7 Å². The molecule has 0 radical (unpaired) electrons. The normalized spacial score (nSPS) is 10.4. The van der Waals surface area contributed by atoms with Gasteiger partial charge >= 0.3 is 0 Å². The largest absolute Gasteiger partial charge is 0.0619 e. The van der Waals surface area contributed by atoms with E-state index in [0.717, 1.165) is 0 Å². The van der Waals surface area contributed by atoms with Gasteiger partial charge in [0.15, 0.2) is 0 Å². The van der Waals surface area contributed by atoms with Crippen LogP contribution in [0, 0.1) is 3.57 Å². The van der Waals surface area contributed by atoms with E-state index in [4.69, 9.17) is 0 Å². The van der Waals surface area contributed by atoms with Crippen LogP contribution in [0.4, 0.5) is 0 Å². The van der Waals surface area contributed by atoms with Gasteiger partial charge in [-0.25, -0.2) is 0 Å². The summed E-state index contributed by atoms with van der Waals surface area (Å²) >= 11 is 5.84.